The average Bonchev–Trinajstić information content (AvgIpc) is 2.07. The minimum atomic E-state index is 0.547. The molecular weight excluding hydrogens is 168 g/mol. The third-order valence-corrected chi connectivity index (χ3v) is 1.58. The standard InChI is InChI=1S/C9H10N2S/c1-7-9(10)5-4-8(11-7)3-2-6-12/h4-5,12H,6,10H2,1H3. The molecule has 0 fully saturated rings. The van der Waals surface area contributed by atoms with Crippen molar-refractivity contribution in [3.8, 4) is 11.8 Å². The normalized spacial score (nSPS) is 8.83. The van der Waals surface area contributed by atoms with Gasteiger partial charge in [0.25, 0.3) is 0 Å². The zero-order valence-corrected chi connectivity index (χ0v) is 7.73. The molecule has 0 radical (unpaired) electrons. The molecular formula is C9H10N2S. The lowest BCUT2D eigenvalue weighted by Gasteiger charge is -1.97. The number of rotatable bonds is 0. The Morgan fingerprint density at radius 3 is 2.92 bits per heavy atom. The van der Waals surface area contributed by atoms with Crippen LogP contribution in [-0.4, -0.2) is 10.7 Å². The van der Waals surface area contributed by atoms with E-state index in [2.05, 4.69) is 29.5 Å². The predicted octanol–water partition coefficient (Wildman–Crippen LogP) is 1.25. The summed E-state index contributed by atoms with van der Waals surface area (Å²) in [4.78, 5) is 4.18. The molecule has 0 spiro atoms. The Morgan fingerprint density at radius 2 is 2.33 bits per heavy atom. The highest BCUT2D eigenvalue weighted by atomic mass is 32.1. The molecule has 0 aliphatic carbocycles. The van der Waals surface area contributed by atoms with E-state index in [1.807, 2.05) is 13.0 Å². The maximum absolute atomic E-state index is 5.59. The summed E-state index contributed by atoms with van der Waals surface area (Å²) in [6.45, 7) is 1.86. The lowest BCUT2D eigenvalue weighted by atomic mass is 10.3. The SMILES string of the molecule is Cc1nc(C#CCS)ccc1N. The number of nitrogens with zero attached hydrogens (tertiary/aromatic N) is 1. The van der Waals surface area contributed by atoms with Crippen molar-refractivity contribution in [2.45, 2.75) is 6.92 Å². The summed E-state index contributed by atoms with van der Waals surface area (Å²) in [6.07, 6.45) is 0. The van der Waals surface area contributed by atoms with Crippen LogP contribution in [0.4, 0.5) is 5.69 Å². The number of aryl methyl sites for hydroxylation is 1. The lowest BCUT2D eigenvalue weighted by molar-refractivity contribution is 1.18. The second kappa shape index (κ2) is 4.03. The Morgan fingerprint density at radius 1 is 1.58 bits per heavy atom. The van der Waals surface area contributed by atoms with Gasteiger partial charge in [0.2, 0.25) is 0 Å². The molecule has 1 heterocycles. The molecule has 0 aromatic carbocycles. The number of nitrogen functional groups attached to an aromatic ring is 1. The Hall–Kier alpha value is -1.14. The molecule has 62 valence electrons. The van der Waals surface area contributed by atoms with Crippen LogP contribution in [-0.2, 0) is 0 Å². The smallest absolute Gasteiger partial charge is 0.113 e. The summed E-state index contributed by atoms with van der Waals surface area (Å²) >= 11 is 3.97. The quantitative estimate of drug-likeness (QED) is 0.463. The molecule has 0 saturated heterocycles. The summed E-state index contributed by atoms with van der Waals surface area (Å²) in [5, 5.41) is 0. The molecule has 2 N–H and O–H groups in total. The summed E-state index contributed by atoms with van der Waals surface area (Å²) in [6, 6.07) is 3.61. The van der Waals surface area contributed by atoms with Gasteiger partial charge in [-0.25, -0.2) is 4.98 Å². The van der Waals surface area contributed by atoms with Crippen LogP contribution in [0, 0.1) is 18.8 Å². The number of thiol groups is 1. The topological polar surface area (TPSA) is 38.9 Å². The number of anilines is 1. The van der Waals surface area contributed by atoms with E-state index in [4.69, 9.17) is 5.73 Å². The van der Waals surface area contributed by atoms with Crippen molar-refractivity contribution >= 4 is 18.3 Å². The van der Waals surface area contributed by atoms with E-state index in [0.717, 1.165) is 11.4 Å². The highest BCUT2D eigenvalue weighted by Gasteiger charge is 1.94. The Bertz CT molecular complexity index is 336. The average molecular weight is 178 g/mol. The minimum Gasteiger partial charge on any atom is -0.397 e. The molecule has 0 aliphatic rings. The number of pyridine rings is 1. The van der Waals surface area contributed by atoms with Crippen molar-refractivity contribution in [3.05, 3.63) is 23.5 Å². The fourth-order valence-corrected chi connectivity index (χ4v) is 0.851. The minimum absolute atomic E-state index is 0.547. The van der Waals surface area contributed by atoms with Crippen molar-refractivity contribution in [1.29, 1.82) is 0 Å². The molecule has 0 atom stereocenters. The molecule has 1 rings (SSSR count). The van der Waals surface area contributed by atoms with Gasteiger partial charge >= 0.3 is 0 Å². The van der Waals surface area contributed by atoms with Crippen molar-refractivity contribution in [1.82, 2.24) is 4.98 Å². The highest BCUT2D eigenvalue weighted by molar-refractivity contribution is 7.80. The Kier molecular flexibility index (Phi) is 3.01. The molecule has 3 heteroatoms. The van der Waals surface area contributed by atoms with Crippen molar-refractivity contribution in [2.75, 3.05) is 11.5 Å². The van der Waals surface area contributed by atoms with Gasteiger partial charge in [-0.3, -0.25) is 0 Å². The first-order valence-corrected chi connectivity index (χ1v) is 4.20. The van der Waals surface area contributed by atoms with Gasteiger partial charge < -0.3 is 5.73 Å². The predicted molar refractivity (Wildman–Crippen MR) is 54.1 cm³/mol. The van der Waals surface area contributed by atoms with Gasteiger partial charge in [-0.15, -0.1) is 0 Å². The lowest BCUT2D eigenvalue weighted by Crippen LogP contribution is -1.94. The third-order valence-electron chi connectivity index (χ3n) is 1.42. The molecule has 0 saturated carbocycles. The first-order valence-electron chi connectivity index (χ1n) is 3.57. The monoisotopic (exact) mass is 178 g/mol. The van der Waals surface area contributed by atoms with Crippen LogP contribution in [0.3, 0.4) is 0 Å². The number of hydrogen-bond acceptors (Lipinski definition) is 3. The second-order valence-corrected chi connectivity index (χ2v) is 2.65. The first-order chi connectivity index (χ1) is 5.74. The van der Waals surface area contributed by atoms with E-state index in [0.29, 0.717) is 11.4 Å². The van der Waals surface area contributed by atoms with Crippen molar-refractivity contribution in [2.24, 2.45) is 0 Å². The molecule has 1 aromatic heterocycles. The van der Waals surface area contributed by atoms with Crippen molar-refractivity contribution < 1.29 is 0 Å². The highest BCUT2D eigenvalue weighted by Crippen LogP contribution is 2.06. The van der Waals surface area contributed by atoms with Gasteiger partial charge in [0.15, 0.2) is 0 Å². The fourth-order valence-electron chi connectivity index (χ4n) is 0.772. The van der Waals surface area contributed by atoms with Crippen LogP contribution in [0.1, 0.15) is 11.4 Å². The number of aromatic nitrogens is 1. The van der Waals surface area contributed by atoms with Gasteiger partial charge in [0, 0.05) is 0 Å². The molecule has 0 aliphatic heterocycles. The Balaban J connectivity index is 2.97. The van der Waals surface area contributed by atoms with E-state index in [-0.39, 0.29) is 0 Å². The van der Waals surface area contributed by atoms with E-state index in [1.165, 1.54) is 0 Å². The third kappa shape index (κ3) is 2.18. The molecule has 12 heavy (non-hydrogen) atoms. The zero-order chi connectivity index (χ0) is 8.97. The number of nitrogens with two attached hydrogens (primary N) is 1. The van der Waals surface area contributed by atoms with E-state index < -0.39 is 0 Å². The van der Waals surface area contributed by atoms with Crippen LogP contribution in [0.25, 0.3) is 0 Å². The molecule has 1 aromatic rings. The van der Waals surface area contributed by atoms with Gasteiger partial charge in [0.1, 0.15) is 5.69 Å². The van der Waals surface area contributed by atoms with Crippen LogP contribution in [0.5, 0.6) is 0 Å². The number of hydrogen-bond donors (Lipinski definition) is 2. The van der Waals surface area contributed by atoms with Crippen LogP contribution >= 0.6 is 12.6 Å². The largest absolute Gasteiger partial charge is 0.397 e. The molecule has 0 bridgehead atoms. The molecule has 2 nitrogen and oxygen atoms in total. The van der Waals surface area contributed by atoms with E-state index in [9.17, 15) is 0 Å². The van der Waals surface area contributed by atoms with Crippen LogP contribution < -0.4 is 5.73 Å². The molecule has 0 amide bonds. The second-order valence-electron chi connectivity index (χ2n) is 2.33. The maximum Gasteiger partial charge on any atom is 0.113 e. The van der Waals surface area contributed by atoms with Gasteiger partial charge in [0.05, 0.1) is 17.1 Å². The Labute approximate surface area is 77.6 Å². The van der Waals surface area contributed by atoms with Crippen LogP contribution in [0.15, 0.2) is 12.1 Å². The van der Waals surface area contributed by atoms with Gasteiger partial charge in [-0.2, -0.15) is 12.6 Å². The van der Waals surface area contributed by atoms with E-state index >= 15 is 0 Å². The van der Waals surface area contributed by atoms with Crippen molar-refractivity contribution in [3.63, 3.8) is 0 Å². The summed E-state index contributed by atoms with van der Waals surface area (Å²) in [5.41, 5.74) is 7.86. The summed E-state index contributed by atoms with van der Waals surface area (Å²) in [5.74, 6) is 6.24. The van der Waals surface area contributed by atoms with Gasteiger partial charge in [-0.05, 0) is 25.0 Å². The zero-order valence-electron chi connectivity index (χ0n) is 6.83. The summed E-state index contributed by atoms with van der Waals surface area (Å²) in [7, 11) is 0. The first kappa shape index (κ1) is 8.95. The molecule has 0 unspecified atom stereocenters. The van der Waals surface area contributed by atoms with Crippen LogP contribution in [0.2, 0.25) is 0 Å². The maximum atomic E-state index is 5.59. The van der Waals surface area contributed by atoms with Gasteiger partial charge in [-0.1, -0.05) is 5.92 Å². The summed E-state index contributed by atoms with van der Waals surface area (Å²) < 4.78 is 0. The van der Waals surface area contributed by atoms with E-state index in [1.54, 1.807) is 6.07 Å². The fraction of sp³-hybridized carbons (Fsp3) is 0.222.